The number of furan rings is 2. The van der Waals surface area contributed by atoms with Gasteiger partial charge in [0.05, 0.1) is 31.8 Å². The van der Waals surface area contributed by atoms with Gasteiger partial charge in [0.2, 0.25) is 0 Å². The maximum atomic E-state index is 12.8. The Bertz CT molecular complexity index is 1030. The van der Waals surface area contributed by atoms with Crippen LogP contribution >= 0.6 is 0 Å². The van der Waals surface area contributed by atoms with Crippen LogP contribution in [0.15, 0.2) is 75.5 Å². The summed E-state index contributed by atoms with van der Waals surface area (Å²) in [6, 6.07) is 12.5. The summed E-state index contributed by atoms with van der Waals surface area (Å²) in [6.07, 6.45) is 2.94. The summed E-state index contributed by atoms with van der Waals surface area (Å²) in [7, 11) is 1.50. The summed E-state index contributed by atoms with van der Waals surface area (Å²) in [4.78, 5) is 26.9. The third-order valence-corrected chi connectivity index (χ3v) is 4.60. The van der Waals surface area contributed by atoms with Gasteiger partial charge in [-0.15, -0.1) is 0 Å². The smallest absolute Gasteiger partial charge is 0.296 e. The van der Waals surface area contributed by atoms with Crippen LogP contribution in [0.25, 0.3) is 5.76 Å². The van der Waals surface area contributed by atoms with Crippen molar-refractivity contribution in [2.24, 2.45) is 0 Å². The second-order valence-corrected chi connectivity index (χ2v) is 6.25. The van der Waals surface area contributed by atoms with Crippen LogP contribution in [0.3, 0.4) is 0 Å². The first-order chi connectivity index (χ1) is 13.6. The highest BCUT2D eigenvalue weighted by Gasteiger charge is 2.47. The SMILES string of the molecule is COc1cccc(/C(O)=C2\C(=O)C(=O)N(Cc3ccco3)C2c2ccco2)c1. The van der Waals surface area contributed by atoms with E-state index in [1.807, 2.05) is 0 Å². The minimum Gasteiger partial charge on any atom is -0.507 e. The number of ether oxygens (including phenoxy) is 1. The van der Waals surface area contributed by atoms with E-state index in [-0.39, 0.29) is 17.9 Å². The summed E-state index contributed by atoms with van der Waals surface area (Å²) in [5, 5.41) is 10.9. The molecule has 1 aromatic carbocycles. The zero-order valence-corrected chi connectivity index (χ0v) is 15.0. The number of carbonyl (C=O) groups excluding carboxylic acids is 2. The van der Waals surface area contributed by atoms with Gasteiger partial charge in [-0.05, 0) is 36.4 Å². The Hall–Kier alpha value is -3.74. The molecule has 2 aromatic heterocycles. The number of aliphatic hydroxyl groups excluding tert-OH is 1. The van der Waals surface area contributed by atoms with Crippen LogP contribution in [-0.4, -0.2) is 28.8 Å². The van der Waals surface area contributed by atoms with Gasteiger partial charge in [-0.25, -0.2) is 0 Å². The summed E-state index contributed by atoms with van der Waals surface area (Å²) in [5.74, 6) is -0.408. The predicted molar refractivity (Wildman–Crippen MR) is 98.3 cm³/mol. The molecule has 0 radical (unpaired) electrons. The molecule has 1 amide bonds. The van der Waals surface area contributed by atoms with Crippen molar-refractivity contribution >= 4 is 17.4 Å². The molecule has 3 heterocycles. The Labute approximate surface area is 160 Å². The number of hydrogen-bond donors (Lipinski definition) is 1. The number of nitrogens with zero attached hydrogens (tertiary/aromatic N) is 1. The second-order valence-electron chi connectivity index (χ2n) is 6.25. The van der Waals surface area contributed by atoms with Gasteiger partial charge in [-0.1, -0.05) is 12.1 Å². The van der Waals surface area contributed by atoms with E-state index in [2.05, 4.69) is 0 Å². The topological polar surface area (TPSA) is 93.1 Å². The molecule has 1 saturated heterocycles. The Morgan fingerprint density at radius 1 is 1.11 bits per heavy atom. The largest absolute Gasteiger partial charge is 0.507 e. The van der Waals surface area contributed by atoms with Crippen LogP contribution in [0.4, 0.5) is 0 Å². The highest BCUT2D eigenvalue weighted by molar-refractivity contribution is 6.46. The van der Waals surface area contributed by atoms with Crippen molar-refractivity contribution in [1.82, 2.24) is 4.90 Å². The maximum Gasteiger partial charge on any atom is 0.296 e. The fourth-order valence-corrected chi connectivity index (χ4v) is 3.28. The lowest BCUT2D eigenvalue weighted by atomic mass is 9.99. The fourth-order valence-electron chi connectivity index (χ4n) is 3.28. The number of Topliss-reactive ketones (excluding diaryl/α,β-unsaturated/α-hetero) is 1. The molecule has 1 N–H and O–H groups in total. The number of rotatable bonds is 5. The third kappa shape index (κ3) is 2.96. The molecule has 1 aliphatic heterocycles. The molecule has 142 valence electrons. The molecular weight excluding hydrogens is 362 g/mol. The minimum atomic E-state index is -0.869. The lowest BCUT2D eigenvalue weighted by Gasteiger charge is -2.22. The van der Waals surface area contributed by atoms with Gasteiger partial charge in [-0.3, -0.25) is 9.59 Å². The molecule has 1 atom stereocenters. The molecule has 4 rings (SSSR count). The lowest BCUT2D eigenvalue weighted by Crippen LogP contribution is -2.28. The normalized spacial score (nSPS) is 18.6. The van der Waals surface area contributed by atoms with Gasteiger partial charge in [0.15, 0.2) is 0 Å². The molecule has 0 spiro atoms. The van der Waals surface area contributed by atoms with E-state index in [0.29, 0.717) is 22.8 Å². The number of ketones is 1. The number of likely N-dealkylation sites (tertiary alicyclic amines) is 1. The van der Waals surface area contributed by atoms with Gasteiger partial charge in [0.25, 0.3) is 11.7 Å². The molecular formula is C21H17NO6. The molecule has 1 unspecified atom stereocenters. The summed E-state index contributed by atoms with van der Waals surface area (Å²) >= 11 is 0. The van der Waals surface area contributed by atoms with Crippen molar-refractivity contribution in [2.45, 2.75) is 12.6 Å². The minimum absolute atomic E-state index is 0.0419. The van der Waals surface area contributed by atoms with E-state index < -0.39 is 17.7 Å². The van der Waals surface area contributed by atoms with Crippen LogP contribution in [0.5, 0.6) is 5.75 Å². The van der Waals surface area contributed by atoms with Crippen LogP contribution in [-0.2, 0) is 16.1 Å². The Kier molecular flexibility index (Phi) is 4.49. The highest BCUT2D eigenvalue weighted by Crippen LogP contribution is 2.40. The van der Waals surface area contributed by atoms with Crippen LogP contribution in [0.1, 0.15) is 23.1 Å². The van der Waals surface area contributed by atoms with E-state index in [0.717, 1.165) is 0 Å². The number of hydrogen-bond acceptors (Lipinski definition) is 6. The van der Waals surface area contributed by atoms with Crippen molar-refractivity contribution < 1.29 is 28.3 Å². The van der Waals surface area contributed by atoms with Gasteiger partial charge in [0.1, 0.15) is 29.1 Å². The summed E-state index contributed by atoms with van der Waals surface area (Å²) in [6.45, 7) is 0.0673. The Balaban J connectivity index is 1.84. The number of aliphatic hydroxyl groups is 1. The van der Waals surface area contributed by atoms with Crippen molar-refractivity contribution in [3.05, 3.63) is 83.7 Å². The highest BCUT2D eigenvalue weighted by atomic mass is 16.5. The standard InChI is InChI=1S/C21H17NO6/c1-26-14-6-2-5-13(11-14)19(23)17-18(16-8-4-10-28-16)22(21(25)20(17)24)12-15-7-3-9-27-15/h2-11,18,23H,12H2,1H3/b19-17+. The van der Waals surface area contributed by atoms with E-state index in [4.69, 9.17) is 13.6 Å². The second kappa shape index (κ2) is 7.11. The van der Waals surface area contributed by atoms with Gasteiger partial charge in [0, 0.05) is 5.56 Å². The van der Waals surface area contributed by atoms with Gasteiger partial charge < -0.3 is 23.6 Å². The van der Waals surface area contributed by atoms with E-state index in [1.165, 1.54) is 24.5 Å². The van der Waals surface area contributed by atoms with Crippen molar-refractivity contribution in [3.8, 4) is 5.75 Å². The first kappa shape index (κ1) is 17.7. The average Bonchev–Trinajstić information content (AvgIpc) is 3.46. The monoisotopic (exact) mass is 379 g/mol. The van der Waals surface area contributed by atoms with Crippen LogP contribution < -0.4 is 4.74 Å². The molecule has 3 aromatic rings. The number of methoxy groups -OCH3 is 1. The molecule has 7 heteroatoms. The molecule has 1 fully saturated rings. The van der Waals surface area contributed by atoms with E-state index >= 15 is 0 Å². The van der Waals surface area contributed by atoms with Crippen molar-refractivity contribution in [3.63, 3.8) is 0 Å². The number of amides is 1. The Morgan fingerprint density at radius 2 is 1.89 bits per heavy atom. The quantitative estimate of drug-likeness (QED) is 0.414. The Morgan fingerprint density at radius 3 is 2.57 bits per heavy atom. The molecule has 0 bridgehead atoms. The summed E-state index contributed by atoms with van der Waals surface area (Å²) < 4.78 is 16.0. The fraction of sp³-hybridized carbons (Fsp3) is 0.143. The molecule has 0 aliphatic carbocycles. The lowest BCUT2D eigenvalue weighted by molar-refractivity contribution is -0.140. The zero-order valence-electron chi connectivity index (χ0n) is 15.0. The van der Waals surface area contributed by atoms with Crippen molar-refractivity contribution in [2.75, 3.05) is 7.11 Å². The molecule has 7 nitrogen and oxygen atoms in total. The molecule has 1 aliphatic rings. The van der Waals surface area contributed by atoms with Gasteiger partial charge >= 0.3 is 0 Å². The van der Waals surface area contributed by atoms with Crippen LogP contribution in [0, 0.1) is 0 Å². The number of benzene rings is 1. The van der Waals surface area contributed by atoms with Crippen LogP contribution in [0.2, 0.25) is 0 Å². The van der Waals surface area contributed by atoms with Gasteiger partial charge in [-0.2, -0.15) is 0 Å². The van der Waals surface area contributed by atoms with Crippen molar-refractivity contribution in [1.29, 1.82) is 0 Å². The molecule has 0 saturated carbocycles. The first-order valence-corrected chi connectivity index (χ1v) is 8.58. The maximum absolute atomic E-state index is 12.8. The van der Waals surface area contributed by atoms with E-state index in [1.54, 1.807) is 48.5 Å². The zero-order chi connectivity index (χ0) is 19.7. The average molecular weight is 379 g/mol. The summed E-state index contributed by atoms with van der Waals surface area (Å²) in [5.41, 5.74) is 0.326. The number of carbonyl (C=O) groups is 2. The predicted octanol–water partition coefficient (Wildman–Crippen LogP) is 3.50. The third-order valence-electron chi connectivity index (χ3n) is 4.60. The molecule has 28 heavy (non-hydrogen) atoms. The first-order valence-electron chi connectivity index (χ1n) is 8.58. The van der Waals surface area contributed by atoms with E-state index in [9.17, 15) is 14.7 Å².